The Hall–Kier alpha value is -1.83. The third-order valence-electron chi connectivity index (χ3n) is 5.05. The lowest BCUT2D eigenvalue weighted by Gasteiger charge is -2.32. The fraction of sp³-hybridized carbons (Fsp3) is 0.429. The van der Waals surface area contributed by atoms with Crippen molar-refractivity contribution in [2.45, 2.75) is 30.8 Å². The molecule has 7 heteroatoms. The van der Waals surface area contributed by atoms with E-state index in [1.165, 1.54) is 10.5 Å². The summed E-state index contributed by atoms with van der Waals surface area (Å²) >= 11 is 3.35. The van der Waals surface area contributed by atoms with Gasteiger partial charge in [-0.2, -0.15) is 0 Å². The molecule has 0 radical (unpaired) electrons. The van der Waals surface area contributed by atoms with Crippen LogP contribution in [0.4, 0.5) is 0 Å². The quantitative estimate of drug-likeness (QED) is 0.537. The van der Waals surface area contributed by atoms with Crippen LogP contribution in [0.2, 0.25) is 0 Å². The van der Waals surface area contributed by atoms with Gasteiger partial charge in [0.2, 0.25) is 0 Å². The monoisotopic (exact) mass is 417 g/mol. The number of carbonyl (C=O) groups is 2. The van der Waals surface area contributed by atoms with E-state index in [-0.39, 0.29) is 0 Å². The van der Waals surface area contributed by atoms with Crippen LogP contribution in [0, 0.1) is 5.92 Å². The molecule has 2 amide bonds. The fourth-order valence-corrected chi connectivity index (χ4v) is 4.66. The Morgan fingerprint density at radius 3 is 2.57 bits per heavy atom. The number of thioether (sulfide) groups is 1. The van der Waals surface area contributed by atoms with Gasteiger partial charge in [0.15, 0.2) is 0 Å². The maximum absolute atomic E-state index is 12.0. The minimum Gasteiger partial charge on any atom is -0.348 e. The summed E-state index contributed by atoms with van der Waals surface area (Å²) in [7, 11) is 0. The van der Waals surface area contributed by atoms with Crippen molar-refractivity contribution in [1.82, 2.24) is 15.5 Å². The summed E-state index contributed by atoms with van der Waals surface area (Å²) in [4.78, 5) is 28.7. The van der Waals surface area contributed by atoms with Gasteiger partial charge >= 0.3 is 11.8 Å². The van der Waals surface area contributed by atoms with Crippen molar-refractivity contribution < 1.29 is 9.59 Å². The molecule has 0 aliphatic carbocycles. The molecule has 0 atom stereocenters. The minimum atomic E-state index is -0.556. The Bertz CT molecular complexity index is 772. The van der Waals surface area contributed by atoms with Gasteiger partial charge in [-0.1, -0.05) is 24.3 Å². The van der Waals surface area contributed by atoms with Crippen LogP contribution in [0.5, 0.6) is 0 Å². The highest BCUT2D eigenvalue weighted by atomic mass is 32.2. The summed E-state index contributed by atoms with van der Waals surface area (Å²) < 4.78 is 0. The Balaban J connectivity index is 1.36. The summed E-state index contributed by atoms with van der Waals surface area (Å²) in [5.41, 5.74) is 1.38. The summed E-state index contributed by atoms with van der Waals surface area (Å²) in [6, 6.07) is 12.4. The number of piperidine rings is 1. The summed E-state index contributed by atoms with van der Waals surface area (Å²) in [6.07, 6.45) is 4.20. The minimum absolute atomic E-state index is 0.403. The summed E-state index contributed by atoms with van der Waals surface area (Å²) in [5, 5.41) is 7.41. The fourth-order valence-electron chi connectivity index (χ4n) is 3.40. The summed E-state index contributed by atoms with van der Waals surface area (Å²) in [5.74, 6) is -0.659. The lowest BCUT2D eigenvalue weighted by molar-refractivity contribution is -0.139. The van der Waals surface area contributed by atoms with Gasteiger partial charge in [0, 0.05) is 22.9 Å². The molecule has 28 heavy (non-hydrogen) atoms. The molecule has 1 aromatic carbocycles. The highest BCUT2D eigenvalue weighted by Crippen LogP contribution is 2.24. The van der Waals surface area contributed by atoms with Crippen LogP contribution < -0.4 is 10.6 Å². The molecule has 1 saturated heterocycles. The number of thiophene rings is 1. The van der Waals surface area contributed by atoms with Gasteiger partial charge in [0.25, 0.3) is 0 Å². The van der Waals surface area contributed by atoms with Crippen LogP contribution in [-0.2, 0) is 22.7 Å². The topological polar surface area (TPSA) is 61.4 Å². The Morgan fingerprint density at radius 1 is 1.11 bits per heavy atom. The van der Waals surface area contributed by atoms with Gasteiger partial charge in [0.1, 0.15) is 0 Å². The van der Waals surface area contributed by atoms with E-state index in [4.69, 9.17) is 0 Å². The lowest BCUT2D eigenvalue weighted by Crippen LogP contribution is -2.43. The number of hydrogen-bond donors (Lipinski definition) is 2. The number of nitrogens with one attached hydrogen (secondary N) is 2. The van der Waals surface area contributed by atoms with Crippen molar-refractivity contribution in [3.8, 4) is 0 Å². The second-order valence-electron chi connectivity index (χ2n) is 7.00. The smallest absolute Gasteiger partial charge is 0.309 e. The standard InChI is InChI=1S/C21H27N3O2S2/c1-27-19-7-3-2-5-17(19)15-24-10-8-16(9-11-24)13-22-20(25)21(26)23-14-18-6-4-12-28-18/h2-7,12,16H,8-11,13-15H2,1H3,(H,22,25)(H,23,26). The summed E-state index contributed by atoms with van der Waals surface area (Å²) in [6.45, 7) is 3.99. The van der Waals surface area contributed by atoms with Crippen LogP contribution >= 0.6 is 23.1 Å². The van der Waals surface area contributed by atoms with E-state index in [1.54, 1.807) is 23.1 Å². The Morgan fingerprint density at radius 2 is 1.86 bits per heavy atom. The molecule has 0 unspecified atom stereocenters. The number of amides is 2. The van der Waals surface area contributed by atoms with Crippen molar-refractivity contribution in [3.63, 3.8) is 0 Å². The predicted octanol–water partition coefficient (Wildman–Crippen LogP) is 3.11. The molecule has 2 heterocycles. The van der Waals surface area contributed by atoms with Gasteiger partial charge in [-0.25, -0.2) is 0 Å². The average Bonchev–Trinajstić information content (AvgIpc) is 3.25. The SMILES string of the molecule is CSc1ccccc1CN1CCC(CNC(=O)C(=O)NCc2cccs2)CC1. The molecule has 150 valence electrons. The first-order chi connectivity index (χ1) is 13.7. The molecule has 3 rings (SSSR count). The molecule has 5 nitrogen and oxygen atoms in total. The van der Waals surface area contributed by atoms with E-state index < -0.39 is 11.8 Å². The molecule has 1 aliphatic rings. The zero-order chi connectivity index (χ0) is 19.8. The van der Waals surface area contributed by atoms with Gasteiger partial charge in [-0.05, 0) is 61.2 Å². The first kappa shape index (κ1) is 20.9. The number of benzene rings is 1. The molecule has 2 N–H and O–H groups in total. The normalized spacial score (nSPS) is 15.3. The lowest BCUT2D eigenvalue weighted by atomic mass is 9.96. The van der Waals surface area contributed by atoms with Crippen molar-refractivity contribution in [1.29, 1.82) is 0 Å². The van der Waals surface area contributed by atoms with Gasteiger partial charge in [-0.15, -0.1) is 23.1 Å². The predicted molar refractivity (Wildman–Crippen MR) is 115 cm³/mol. The van der Waals surface area contributed by atoms with Crippen LogP contribution in [0.15, 0.2) is 46.7 Å². The molecule has 0 bridgehead atoms. The maximum atomic E-state index is 12.0. The van der Waals surface area contributed by atoms with Gasteiger partial charge in [0.05, 0.1) is 6.54 Å². The molecule has 0 saturated carbocycles. The number of hydrogen-bond acceptors (Lipinski definition) is 5. The third kappa shape index (κ3) is 6.09. The van der Waals surface area contributed by atoms with Crippen molar-refractivity contribution in [2.75, 3.05) is 25.9 Å². The maximum Gasteiger partial charge on any atom is 0.309 e. The van der Waals surface area contributed by atoms with E-state index in [1.807, 2.05) is 17.5 Å². The van der Waals surface area contributed by atoms with E-state index in [0.717, 1.165) is 37.4 Å². The Kier molecular flexibility index (Phi) is 7.94. The second kappa shape index (κ2) is 10.6. The molecular weight excluding hydrogens is 390 g/mol. The van der Waals surface area contributed by atoms with Gasteiger partial charge in [-0.3, -0.25) is 14.5 Å². The molecule has 2 aromatic rings. The van der Waals surface area contributed by atoms with Crippen LogP contribution in [0.1, 0.15) is 23.3 Å². The molecule has 0 spiro atoms. The zero-order valence-corrected chi connectivity index (χ0v) is 17.8. The number of carbonyl (C=O) groups excluding carboxylic acids is 2. The zero-order valence-electron chi connectivity index (χ0n) is 16.1. The van der Waals surface area contributed by atoms with Crippen molar-refractivity contribution >= 4 is 34.9 Å². The number of rotatable bonds is 7. The molecule has 1 aromatic heterocycles. The number of nitrogens with zero attached hydrogens (tertiary/aromatic N) is 1. The molecule has 1 aliphatic heterocycles. The average molecular weight is 418 g/mol. The molecule has 1 fully saturated rings. The number of likely N-dealkylation sites (tertiary alicyclic amines) is 1. The van der Waals surface area contributed by atoms with Crippen LogP contribution in [-0.4, -0.2) is 42.6 Å². The van der Waals surface area contributed by atoms with Gasteiger partial charge < -0.3 is 10.6 Å². The highest BCUT2D eigenvalue weighted by molar-refractivity contribution is 7.98. The van der Waals surface area contributed by atoms with E-state index in [2.05, 4.69) is 46.1 Å². The Labute approximate surface area is 174 Å². The van der Waals surface area contributed by atoms with Crippen LogP contribution in [0.3, 0.4) is 0 Å². The van der Waals surface area contributed by atoms with E-state index in [9.17, 15) is 9.59 Å². The highest BCUT2D eigenvalue weighted by Gasteiger charge is 2.21. The third-order valence-corrected chi connectivity index (χ3v) is 6.77. The van der Waals surface area contributed by atoms with Crippen molar-refractivity contribution in [3.05, 3.63) is 52.2 Å². The van der Waals surface area contributed by atoms with Crippen molar-refractivity contribution in [2.24, 2.45) is 5.92 Å². The molecular formula is C21H27N3O2S2. The second-order valence-corrected chi connectivity index (χ2v) is 8.88. The van der Waals surface area contributed by atoms with E-state index in [0.29, 0.717) is 19.0 Å². The largest absolute Gasteiger partial charge is 0.348 e. The first-order valence-corrected chi connectivity index (χ1v) is 11.7. The van der Waals surface area contributed by atoms with E-state index >= 15 is 0 Å². The first-order valence-electron chi connectivity index (χ1n) is 9.58. The van der Waals surface area contributed by atoms with Crippen LogP contribution in [0.25, 0.3) is 0 Å².